The van der Waals surface area contributed by atoms with Crippen molar-refractivity contribution < 1.29 is 80.2 Å². The molecule has 0 bridgehead atoms. The molecule has 0 aliphatic rings. The summed E-state index contributed by atoms with van der Waals surface area (Å²) in [6.07, 6.45) is 85.8. The molecule has 586 valence electrons. The SMILES string of the molecule is CCCCC/C=C\C/C=C\C/C=C\C/C=C\CCCC(=O)O[C@H](COCCCCCCC/C=C\CCCCCCC=O)COP(=O)(O)OC[C@H](O)COP(=O)(O)OC[C@@H](COCCCCCCCCC/C=C\CCCCCCC=O)OC(=O)CCC/C=C\C/C=C\C/C=C\C/C=C\CCCCC. The molecular weight excluding hydrogens is 1330 g/mol. The zero-order chi connectivity index (χ0) is 74.3. The van der Waals surface area contributed by atoms with Gasteiger partial charge >= 0.3 is 27.6 Å². The van der Waals surface area contributed by atoms with Crippen molar-refractivity contribution in [1.29, 1.82) is 0 Å². The number of carbonyl (C=O) groups excluding carboxylic acids is 4. The summed E-state index contributed by atoms with van der Waals surface area (Å²) in [5.41, 5.74) is 0. The molecule has 0 aromatic rings. The Labute approximate surface area is 619 Å². The molecule has 0 radical (unpaired) electrons. The molecule has 0 saturated carbocycles. The van der Waals surface area contributed by atoms with E-state index in [9.17, 15) is 43.2 Å². The summed E-state index contributed by atoms with van der Waals surface area (Å²) in [4.78, 5) is 68.3. The first kappa shape index (κ1) is 97.8. The fourth-order valence-electron chi connectivity index (χ4n) is 10.3. The summed E-state index contributed by atoms with van der Waals surface area (Å²) in [7, 11) is -9.77. The van der Waals surface area contributed by atoms with Crippen molar-refractivity contribution in [3.63, 3.8) is 0 Å². The molecule has 102 heavy (non-hydrogen) atoms. The van der Waals surface area contributed by atoms with E-state index in [-0.39, 0.29) is 26.1 Å². The minimum atomic E-state index is -4.88. The minimum absolute atomic E-state index is 0.0927. The van der Waals surface area contributed by atoms with Crippen LogP contribution in [0, 0.1) is 0 Å². The van der Waals surface area contributed by atoms with E-state index in [1.54, 1.807) is 0 Å². The fraction of sp³-hybridized carbons (Fsp3) is 0.711. The molecule has 0 aliphatic heterocycles. The first-order chi connectivity index (χ1) is 49.9. The van der Waals surface area contributed by atoms with Gasteiger partial charge < -0.3 is 43.4 Å². The molecule has 19 heteroatoms. The third-order valence-electron chi connectivity index (χ3n) is 16.4. The zero-order valence-electron chi connectivity index (χ0n) is 63.6. The maximum Gasteiger partial charge on any atom is 0.472 e. The number of hydrogen-bond donors (Lipinski definition) is 3. The number of aliphatic hydroxyl groups excluding tert-OH is 1. The lowest BCUT2D eigenvalue weighted by molar-refractivity contribution is -0.155. The van der Waals surface area contributed by atoms with Crippen LogP contribution in [0.5, 0.6) is 0 Å². The summed E-state index contributed by atoms with van der Waals surface area (Å²) in [6, 6.07) is 0. The molecule has 0 fully saturated rings. The van der Waals surface area contributed by atoms with Crippen LogP contribution in [-0.4, -0.2) is 111 Å². The summed E-state index contributed by atoms with van der Waals surface area (Å²) < 4.78 is 69.8. The largest absolute Gasteiger partial charge is 0.472 e. The van der Waals surface area contributed by atoms with Crippen molar-refractivity contribution in [2.24, 2.45) is 0 Å². The van der Waals surface area contributed by atoms with Crippen LogP contribution in [0.25, 0.3) is 0 Å². The van der Waals surface area contributed by atoms with E-state index in [0.717, 1.165) is 192 Å². The van der Waals surface area contributed by atoms with Gasteiger partial charge in [-0.1, -0.05) is 238 Å². The molecule has 0 rings (SSSR count). The number of ether oxygens (including phenoxy) is 4. The first-order valence-corrected chi connectivity index (χ1v) is 42.7. The predicted molar refractivity (Wildman–Crippen MR) is 418 cm³/mol. The highest BCUT2D eigenvalue weighted by atomic mass is 31.2. The summed E-state index contributed by atoms with van der Waals surface area (Å²) >= 11 is 0. The van der Waals surface area contributed by atoms with Crippen LogP contribution < -0.4 is 0 Å². The Morgan fingerprint density at radius 3 is 0.833 bits per heavy atom. The second-order valence-electron chi connectivity index (χ2n) is 26.2. The van der Waals surface area contributed by atoms with Gasteiger partial charge in [0, 0.05) is 38.9 Å². The average molecular weight is 1470 g/mol. The average Bonchev–Trinajstić information content (AvgIpc) is 0.923. The monoisotopic (exact) mass is 1470 g/mol. The molecule has 3 N–H and O–H groups in total. The second-order valence-corrected chi connectivity index (χ2v) is 29.1. The third-order valence-corrected chi connectivity index (χ3v) is 18.3. The van der Waals surface area contributed by atoms with E-state index in [4.69, 9.17) is 37.0 Å². The minimum Gasteiger partial charge on any atom is -0.457 e. The smallest absolute Gasteiger partial charge is 0.457 e. The highest BCUT2D eigenvalue weighted by molar-refractivity contribution is 7.47. The van der Waals surface area contributed by atoms with Gasteiger partial charge in [-0.25, -0.2) is 9.13 Å². The second kappa shape index (κ2) is 77.9. The molecule has 2 unspecified atom stereocenters. The Bertz CT molecular complexity index is 2340. The molecule has 0 aromatic heterocycles. The van der Waals surface area contributed by atoms with E-state index < -0.39 is 72.3 Å². The Morgan fingerprint density at radius 1 is 0.304 bits per heavy atom. The molecule has 0 aromatic carbocycles. The van der Waals surface area contributed by atoms with Crippen LogP contribution in [0.3, 0.4) is 0 Å². The molecule has 0 aliphatic carbocycles. The van der Waals surface area contributed by atoms with Crippen LogP contribution in [0.1, 0.15) is 309 Å². The van der Waals surface area contributed by atoms with E-state index in [2.05, 4.69) is 123 Å². The Hall–Kier alpha value is -4.22. The van der Waals surface area contributed by atoms with Gasteiger partial charge in [-0.2, -0.15) is 0 Å². The lowest BCUT2D eigenvalue weighted by Crippen LogP contribution is -2.29. The number of esters is 2. The number of phosphoric acid groups is 2. The summed E-state index contributed by atoms with van der Waals surface area (Å²) in [5, 5.41) is 10.6. The zero-order valence-corrected chi connectivity index (χ0v) is 65.4. The van der Waals surface area contributed by atoms with Gasteiger partial charge in [0.15, 0.2) is 0 Å². The van der Waals surface area contributed by atoms with Gasteiger partial charge in [0.1, 0.15) is 30.9 Å². The molecule has 0 heterocycles. The van der Waals surface area contributed by atoms with E-state index in [0.29, 0.717) is 51.7 Å². The number of phosphoric ester groups is 2. The maximum atomic E-state index is 13.1. The van der Waals surface area contributed by atoms with Crippen molar-refractivity contribution in [2.45, 2.75) is 328 Å². The van der Waals surface area contributed by atoms with Crippen LogP contribution >= 0.6 is 15.6 Å². The van der Waals surface area contributed by atoms with Crippen molar-refractivity contribution in [2.75, 3.05) is 52.9 Å². The van der Waals surface area contributed by atoms with Crippen molar-refractivity contribution in [3.05, 3.63) is 122 Å². The highest BCUT2D eigenvalue weighted by Crippen LogP contribution is 2.45. The number of rotatable bonds is 78. The third kappa shape index (κ3) is 76.9. The maximum absolute atomic E-state index is 13.1. The highest BCUT2D eigenvalue weighted by Gasteiger charge is 2.30. The van der Waals surface area contributed by atoms with Crippen molar-refractivity contribution in [1.82, 2.24) is 0 Å². The van der Waals surface area contributed by atoms with E-state index in [1.807, 2.05) is 12.2 Å². The molecule has 0 amide bonds. The number of unbranched alkanes of at least 4 members (excludes halogenated alkanes) is 30. The van der Waals surface area contributed by atoms with Crippen LogP contribution in [0.15, 0.2) is 122 Å². The summed E-state index contributed by atoms with van der Waals surface area (Å²) in [6.45, 7) is 2.22. The van der Waals surface area contributed by atoms with Crippen LogP contribution in [-0.2, 0) is 65.4 Å². The molecule has 5 atom stereocenters. The Kier molecular flexibility index (Phi) is 74.6. The van der Waals surface area contributed by atoms with Gasteiger partial charge in [-0.15, -0.1) is 0 Å². The van der Waals surface area contributed by atoms with Gasteiger partial charge in [-0.05, 0) is 167 Å². The topological polar surface area (TPSA) is 237 Å². The number of carbonyl (C=O) groups is 4. The predicted octanol–water partition coefficient (Wildman–Crippen LogP) is 22.4. The lowest BCUT2D eigenvalue weighted by Gasteiger charge is -2.21. The van der Waals surface area contributed by atoms with Gasteiger partial charge in [0.05, 0.1) is 39.6 Å². The normalized spacial score (nSPS) is 14.6. The Balaban J connectivity index is 5.33. The Morgan fingerprint density at radius 2 is 0.539 bits per heavy atom. The van der Waals surface area contributed by atoms with Crippen molar-refractivity contribution >= 4 is 40.2 Å². The van der Waals surface area contributed by atoms with Gasteiger partial charge in [0.2, 0.25) is 0 Å². The standard InChI is InChI=1S/C83H142O17P2/c1-3-5-7-9-11-13-15-17-19-21-25-31-37-43-49-55-61-67-82(87)99-80(75-93-71-65-59-53-47-41-35-29-24-23-27-33-39-45-51-57-63-69-84)77-97-101(89,90)95-73-79(86)74-96-102(91,92)98-78-81(76-94-72-66-60-54-48-42-36-30-28-34-40-46-52-58-64-70-85)100-83(88)68-62-56-50-44-38-32-26-22-20-18-16-14-12-10-8-6-4-2/h11-14,17-20,23,25-28,30-32,43-44,49-50,69-70,79-81,86H,3-10,15-16,21-22,24,29,33-42,45-48,51-68,71-78H2,1-2H3,(H,89,90)(H,91,92)/b13-11-,14-12-,19-17-,20-18-,27-23-,30-28-,31-25-,32-26-,49-43-,50-44-/t79-,80-,81-/m1/s1. The number of allylic oxidation sites excluding steroid dienone is 20. The lowest BCUT2D eigenvalue weighted by atomic mass is 10.1. The van der Waals surface area contributed by atoms with Crippen molar-refractivity contribution in [3.8, 4) is 0 Å². The summed E-state index contributed by atoms with van der Waals surface area (Å²) in [5.74, 6) is -1.04. The first-order valence-electron chi connectivity index (χ1n) is 39.7. The molecular formula is C83H142O17P2. The molecule has 0 spiro atoms. The number of aldehydes is 2. The molecule has 17 nitrogen and oxygen atoms in total. The number of aliphatic hydroxyl groups is 1. The quantitative estimate of drug-likeness (QED) is 0.0169. The fourth-order valence-corrected chi connectivity index (χ4v) is 11.9. The van der Waals surface area contributed by atoms with Gasteiger partial charge in [0.25, 0.3) is 0 Å². The van der Waals surface area contributed by atoms with Crippen LogP contribution in [0.4, 0.5) is 0 Å². The van der Waals surface area contributed by atoms with Gasteiger partial charge in [-0.3, -0.25) is 27.7 Å². The van der Waals surface area contributed by atoms with E-state index >= 15 is 0 Å². The van der Waals surface area contributed by atoms with E-state index in [1.165, 1.54) is 64.2 Å². The molecule has 0 saturated heterocycles. The van der Waals surface area contributed by atoms with Crippen LogP contribution in [0.2, 0.25) is 0 Å². The number of hydrogen-bond acceptors (Lipinski definition) is 15.